The number of morpholine rings is 1. The van der Waals surface area contributed by atoms with E-state index in [1.54, 1.807) is 14.0 Å². The quantitative estimate of drug-likeness (QED) is 0.694. The third kappa shape index (κ3) is 4.03. The Balaban J connectivity index is 1.59. The van der Waals surface area contributed by atoms with Gasteiger partial charge in [0.2, 0.25) is 0 Å². The molecule has 7 nitrogen and oxygen atoms in total. The fourth-order valence-corrected chi connectivity index (χ4v) is 5.07. The highest BCUT2D eigenvalue weighted by molar-refractivity contribution is 7.20. The lowest BCUT2D eigenvalue weighted by Gasteiger charge is -2.35. The molecule has 1 aliphatic heterocycles. The van der Waals surface area contributed by atoms with Crippen molar-refractivity contribution in [1.82, 2.24) is 14.5 Å². The summed E-state index contributed by atoms with van der Waals surface area (Å²) in [5.41, 5.74) is 2.38. The van der Waals surface area contributed by atoms with E-state index in [1.807, 2.05) is 24.3 Å². The van der Waals surface area contributed by atoms with Crippen molar-refractivity contribution in [2.24, 2.45) is 7.05 Å². The fraction of sp³-hybridized carbons (Fsp3) is 0.409. The van der Waals surface area contributed by atoms with Gasteiger partial charge in [-0.15, -0.1) is 11.3 Å². The van der Waals surface area contributed by atoms with Crippen molar-refractivity contribution in [3.63, 3.8) is 0 Å². The number of aromatic nitrogens is 2. The molecule has 1 fully saturated rings. The van der Waals surface area contributed by atoms with Crippen LogP contribution < -0.4 is 10.9 Å². The molecule has 0 bridgehead atoms. The largest absolute Gasteiger partial charge is 0.373 e. The van der Waals surface area contributed by atoms with Gasteiger partial charge in [-0.2, -0.15) is 0 Å². The summed E-state index contributed by atoms with van der Waals surface area (Å²) in [6.45, 7) is 8.42. The molecule has 2 aromatic heterocycles. The third-order valence-electron chi connectivity index (χ3n) is 5.37. The molecular formula is C22H26N4O3S. The summed E-state index contributed by atoms with van der Waals surface area (Å²) in [6, 6.07) is 7.85. The monoisotopic (exact) mass is 426 g/mol. The molecule has 3 aromatic rings. The lowest BCUT2D eigenvalue weighted by atomic mass is 10.1. The first-order valence-electron chi connectivity index (χ1n) is 10.0. The summed E-state index contributed by atoms with van der Waals surface area (Å²) in [6.07, 6.45) is 1.86. The number of anilines is 1. The Labute approximate surface area is 179 Å². The molecule has 3 heterocycles. The Bertz CT molecular complexity index is 1140. The molecule has 1 amide bonds. The van der Waals surface area contributed by atoms with Crippen LogP contribution in [0.2, 0.25) is 0 Å². The van der Waals surface area contributed by atoms with E-state index >= 15 is 0 Å². The number of nitrogens with zero attached hydrogens (tertiary/aromatic N) is 3. The van der Waals surface area contributed by atoms with E-state index in [0.29, 0.717) is 20.7 Å². The first kappa shape index (κ1) is 20.7. The summed E-state index contributed by atoms with van der Waals surface area (Å²) < 4.78 is 7.26. The minimum atomic E-state index is -0.214. The summed E-state index contributed by atoms with van der Waals surface area (Å²) >= 11 is 1.25. The summed E-state index contributed by atoms with van der Waals surface area (Å²) in [4.78, 5) is 33.3. The molecule has 0 saturated carbocycles. The van der Waals surface area contributed by atoms with Gasteiger partial charge < -0.3 is 14.6 Å². The minimum absolute atomic E-state index is 0.135. The van der Waals surface area contributed by atoms with Crippen molar-refractivity contribution in [2.75, 3.05) is 18.4 Å². The van der Waals surface area contributed by atoms with Gasteiger partial charge >= 0.3 is 0 Å². The lowest BCUT2D eigenvalue weighted by Crippen LogP contribution is -2.44. The van der Waals surface area contributed by atoms with Crippen LogP contribution in [0.3, 0.4) is 0 Å². The number of nitrogens with one attached hydrogen (secondary N) is 1. The number of ether oxygens (including phenoxy) is 1. The van der Waals surface area contributed by atoms with Gasteiger partial charge in [0.25, 0.3) is 11.5 Å². The van der Waals surface area contributed by atoms with Crippen LogP contribution in [0.1, 0.15) is 34.6 Å². The number of fused-ring (bicyclic) bond motifs is 1. The van der Waals surface area contributed by atoms with Crippen LogP contribution >= 0.6 is 11.3 Å². The van der Waals surface area contributed by atoms with Crippen molar-refractivity contribution in [2.45, 2.75) is 39.5 Å². The molecule has 1 N–H and O–H groups in total. The van der Waals surface area contributed by atoms with E-state index in [2.05, 4.69) is 29.0 Å². The number of benzene rings is 1. The van der Waals surface area contributed by atoms with Gasteiger partial charge in [0.1, 0.15) is 4.83 Å². The number of hydrogen-bond acceptors (Lipinski definition) is 6. The molecule has 8 heteroatoms. The van der Waals surface area contributed by atoms with E-state index < -0.39 is 0 Å². The van der Waals surface area contributed by atoms with Crippen molar-refractivity contribution in [1.29, 1.82) is 0 Å². The van der Waals surface area contributed by atoms with Gasteiger partial charge in [0.05, 0.1) is 28.8 Å². The summed E-state index contributed by atoms with van der Waals surface area (Å²) in [5, 5.41) is 3.57. The zero-order valence-electron chi connectivity index (χ0n) is 17.6. The number of amides is 1. The molecular weight excluding hydrogens is 400 g/mol. The van der Waals surface area contributed by atoms with E-state index in [9.17, 15) is 9.59 Å². The topological polar surface area (TPSA) is 76.5 Å². The van der Waals surface area contributed by atoms with Crippen LogP contribution in [0, 0.1) is 6.92 Å². The smallest absolute Gasteiger partial charge is 0.266 e. The van der Waals surface area contributed by atoms with E-state index in [-0.39, 0.29) is 23.7 Å². The average Bonchev–Trinajstić information content (AvgIpc) is 3.03. The Hall–Kier alpha value is -2.55. The van der Waals surface area contributed by atoms with E-state index in [4.69, 9.17) is 4.74 Å². The molecule has 4 rings (SSSR count). The first-order valence-corrected chi connectivity index (χ1v) is 10.9. The minimum Gasteiger partial charge on any atom is -0.373 e. The molecule has 0 aliphatic carbocycles. The highest BCUT2D eigenvalue weighted by atomic mass is 32.1. The number of para-hydroxylation sites is 1. The Morgan fingerprint density at radius 3 is 2.70 bits per heavy atom. The van der Waals surface area contributed by atoms with Gasteiger partial charge in [0, 0.05) is 32.4 Å². The molecule has 0 radical (unpaired) electrons. The molecule has 2 atom stereocenters. The van der Waals surface area contributed by atoms with Gasteiger partial charge in [0.15, 0.2) is 0 Å². The van der Waals surface area contributed by atoms with E-state index in [1.165, 1.54) is 22.2 Å². The Kier molecular flexibility index (Phi) is 5.73. The van der Waals surface area contributed by atoms with Crippen LogP contribution in [-0.4, -0.2) is 45.7 Å². The number of carbonyl (C=O) groups is 1. The summed E-state index contributed by atoms with van der Waals surface area (Å²) in [7, 11) is 1.66. The van der Waals surface area contributed by atoms with Crippen LogP contribution in [0.15, 0.2) is 35.4 Å². The van der Waals surface area contributed by atoms with Crippen LogP contribution in [0.5, 0.6) is 0 Å². The van der Waals surface area contributed by atoms with Crippen molar-refractivity contribution in [3.05, 3.63) is 57.0 Å². The average molecular weight is 427 g/mol. The third-order valence-corrected chi connectivity index (χ3v) is 6.57. The standard InChI is InChI=1S/C22H26N4O3S/c1-13-9-26(10-14(2)29-13)11-16-7-5-6-8-17(16)24-20(27)19-15(3)18-21(30-19)23-12-25(4)22(18)28/h5-8,12-14H,9-11H2,1-4H3,(H,24,27). The maximum atomic E-state index is 13.1. The lowest BCUT2D eigenvalue weighted by molar-refractivity contribution is -0.0704. The zero-order valence-corrected chi connectivity index (χ0v) is 18.5. The van der Waals surface area contributed by atoms with Crippen molar-refractivity contribution in [3.8, 4) is 0 Å². The van der Waals surface area contributed by atoms with E-state index in [0.717, 1.165) is 30.9 Å². The maximum Gasteiger partial charge on any atom is 0.266 e. The van der Waals surface area contributed by atoms with Crippen molar-refractivity contribution >= 4 is 33.1 Å². The second kappa shape index (κ2) is 8.29. The predicted molar refractivity (Wildman–Crippen MR) is 119 cm³/mol. The molecule has 1 aliphatic rings. The Morgan fingerprint density at radius 1 is 1.27 bits per heavy atom. The van der Waals surface area contributed by atoms with Crippen molar-refractivity contribution < 1.29 is 9.53 Å². The Morgan fingerprint density at radius 2 is 1.97 bits per heavy atom. The van der Waals surface area contributed by atoms with Gasteiger partial charge in [-0.3, -0.25) is 14.5 Å². The fourth-order valence-electron chi connectivity index (χ4n) is 4.04. The number of aryl methyl sites for hydroxylation is 2. The summed E-state index contributed by atoms with van der Waals surface area (Å²) in [5.74, 6) is -0.214. The van der Waals surface area contributed by atoms with Gasteiger partial charge in [-0.1, -0.05) is 18.2 Å². The normalized spacial score (nSPS) is 19.9. The highest BCUT2D eigenvalue weighted by Gasteiger charge is 2.24. The van der Waals surface area contributed by atoms with Gasteiger partial charge in [-0.05, 0) is 38.0 Å². The van der Waals surface area contributed by atoms with Crippen LogP contribution in [0.4, 0.5) is 5.69 Å². The molecule has 158 valence electrons. The maximum absolute atomic E-state index is 13.1. The van der Waals surface area contributed by atoms with Gasteiger partial charge in [-0.25, -0.2) is 4.98 Å². The van der Waals surface area contributed by atoms with Crippen LogP contribution in [0.25, 0.3) is 10.2 Å². The first-order chi connectivity index (χ1) is 14.3. The zero-order chi connectivity index (χ0) is 21.4. The molecule has 1 saturated heterocycles. The predicted octanol–water partition coefficient (Wildman–Crippen LogP) is 3.16. The molecule has 30 heavy (non-hydrogen) atoms. The highest BCUT2D eigenvalue weighted by Crippen LogP contribution is 2.28. The number of rotatable bonds is 4. The number of thiophene rings is 1. The van der Waals surface area contributed by atoms with Crippen LogP contribution in [-0.2, 0) is 18.3 Å². The second-order valence-electron chi connectivity index (χ2n) is 7.96. The molecule has 0 spiro atoms. The SMILES string of the molecule is Cc1c(C(=O)Nc2ccccc2CN2CC(C)OC(C)C2)sc2ncn(C)c(=O)c12. The number of carbonyl (C=O) groups excluding carboxylic acids is 1. The molecule has 2 unspecified atom stereocenters. The second-order valence-corrected chi connectivity index (χ2v) is 8.96. The molecule has 1 aromatic carbocycles. The number of hydrogen-bond donors (Lipinski definition) is 1.